The first-order chi connectivity index (χ1) is 8.44. The lowest BCUT2D eigenvalue weighted by molar-refractivity contribution is -0.380. The lowest BCUT2D eigenvalue weighted by atomic mass is 10.3. The van der Waals surface area contributed by atoms with Crippen LogP contribution in [-0.2, 0) is 13.6 Å². The van der Waals surface area contributed by atoms with E-state index in [0.717, 1.165) is 11.3 Å². The van der Waals surface area contributed by atoms with Crippen LogP contribution in [0.15, 0.2) is 11.4 Å². The van der Waals surface area contributed by atoms with Crippen molar-refractivity contribution in [3.8, 4) is 0 Å². The summed E-state index contributed by atoms with van der Waals surface area (Å²) in [5.74, 6) is -1.01. The molecule has 1 heterocycles. The monoisotopic (exact) mass is 294 g/mol. The fourth-order valence-electron chi connectivity index (χ4n) is 1.33. The minimum atomic E-state index is -3.49. The van der Waals surface area contributed by atoms with E-state index in [-0.39, 0.29) is 18.2 Å². The average Bonchev–Trinajstić information content (AvgIpc) is 2.77. The van der Waals surface area contributed by atoms with E-state index >= 15 is 0 Å². The molecule has 0 aliphatic carbocycles. The highest BCUT2D eigenvalue weighted by Gasteiger charge is 2.35. The standard InChI is InChI=1S/C9H15N2O5PS/c1-3-15-17(14,16-4-2)9(10)7-5-8(11(12)13)18-6-7/h5-6,9H,3-4,10H2,1-2H3/t9-/m1/s1. The van der Waals surface area contributed by atoms with Crippen LogP contribution in [0, 0.1) is 10.1 Å². The molecule has 1 aromatic heterocycles. The van der Waals surface area contributed by atoms with E-state index in [9.17, 15) is 14.7 Å². The Bertz CT molecular complexity index is 454. The van der Waals surface area contributed by atoms with Gasteiger partial charge in [-0.1, -0.05) is 11.3 Å². The normalized spacial score (nSPS) is 13.5. The second-order valence-electron chi connectivity index (χ2n) is 3.30. The molecular weight excluding hydrogens is 279 g/mol. The van der Waals surface area contributed by atoms with E-state index < -0.39 is 18.3 Å². The SMILES string of the molecule is CCOP(=O)(OCC)[C@@H](N)c1csc([N+](=O)[O-])c1. The Morgan fingerprint density at radius 3 is 2.44 bits per heavy atom. The summed E-state index contributed by atoms with van der Waals surface area (Å²) in [7, 11) is -3.49. The predicted octanol–water partition coefficient (Wildman–Crippen LogP) is 2.88. The first-order valence-corrected chi connectivity index (χ1v) is 7.81. The van der Waals surface area contributed by atoms with Crippen molar-refractivity contribution in [1.29, 1.82) is 0 Å². The highest BCUT2D eigenvalue weighted by Crippen LogP contribution is 2.58. The molecule has 0 saturated heterocycles. The Morgan fingerprint density at radius 2 is 2.06 bits per heavy atom. The van der Waals surface area contributed by atoms with Gasteiger partial charge in [0.05, 0.1) is 18.1 Å². The summed E-state index contributed by atoms with van der Waals surface area (Å²) < 4.78 is 22.6. The maximum Gasteiger partial charge on any atom is 0.351 e. The van der Waals surface area contributed by atoms with Crippen molar-refractivity contribution in [2.45, 2.75) is 19.6 Å². The van der Waals surface area contributed by atoms with Crippen LogP contribution in [0.25, 0.3) is 0 Å². The topological polar surface area (TPSA) is 105 Å². The van der Waals surface area contributed by atoms with Crippen molar-refractivity contribution in [1.82, 2.24) is 0 Å². The third-order valence-corrected chi connectivity index (χ3v) is 5.20. The fourth-order valence-corrected chi connectivity index (χ4v) is 3.82. The Balaban J connectivity index is 2.97. The number of nitrogens with two attached hydrogens (primary N) is 1. The van der Waals surface area contributed by atoms with E-state index in [1.165, 1.54) is 11.4 Å². The number of rotatable bonds is 7. The maximum absolute atomic E-state index is 12.4. The van der Waals surface area contributed by atoms with Crippen LogP contribution in [0.4, 0.5) is 5.00 Å². The van der Waals surface area contributed by atoms with Crippen molar-refractivity contribution in [3.63, 3.8) is 0 Å². The van der Waals surface area contributed by atoms with Crippen molar-refractivity contribution in [2.75, 3.05) is 13.2 Å². The second-order valence-corrected chi connectivity index (χ2v) is 6.34. The molecule has 0 aliphatic rings. The van der Waals surface area contributed by atoms with E-state index in [1.807, 2.05) is 0 Å². The van der Waals surface area contributed by atoms with Crippen LogP contribution in [-0.4, -0.2) is 18.1 Å². The molecule has 0 bridgehead atoms. The molecule has 0 aliphatic heterocycles. The summed E-state index contributed by atoms with van der Waals surface area (Å²) in [6.45, 7) is 3.73. The quantitative estimate of drug-likeness (QED) is 0.471. The van der Waals surface area contributed by atoms with Gasteiger partial charge in [-0.25, -0.2) is 0 Å². The van der Waals surface area contributed by atoms with Crippen LogP contribution < -0.4 is 5.73 Å². The van der Waals surface area contributed by atoms with Crippen LogP contribution in [0.1, 0.15) is 25.2 Å². The lowest BCUT2D eigenvalue weighted by Crippen LogP contribution is -2.14. The molecule has 0 unspecified atom stereocenters. The summed E-state index contributed by atoms with van der Waals surface area (Å²) in [6, 6.07) is 1.29. The molecule has 0 saturated carbocycles. The zero-order valence-corrected chi connectivity index (χ0v) is 11.8. The molecule has 0 aromatic carbocycles. The molecule has 102 valence electrons. The minimum absolute atomic E-state index is 0.0556. The summed E-state index contributed by atoms with van der Waals surface area (Å²) in [4.78, 5) is 10.1. The molecule has 2 N–H and O–H groups in total. The van der Waals surface area contributed by atoms with E-state index in [1.54, 1.807) is 13.8 Å². The van der Waals surface area contributed by atoms with Crippen LogP contribution >= 0.6 is 18.9 Å². The number of thiophene rings is 1. The van der Waals surface area contributed by atoms with E-state index in [4.69, 9.17) is 14.8 Å². The molecule has 9 heteroatoms. The third-order valence-electron chi connectivity index (χ3n) is 2.09. The van der Waals surface area contributed by atoms with Gasteiger partial charge >= 0.3 is 12.6 Å². The van der Waals surface area contributed by atoms with Crippen LogP contribution in [0.2, 0.25) is 0 Å². The number of nitrogens with zero attached hydrogens (tertiary/aromatic N) is 1. The Morgan fingerprint density at radius 1 is 1.50 bits per heavy atom. The zero-order valence-electron chi connectivity index (χ0n) is 10.1. The molecule has 0 spiro atoms. The van der Waals surface area contributed by atoms with Gasteiger partial charge < -0.3 is 14.8 Å². The van der Waals surface area contributed by atoms with Gasteiger partial charge in [0.15, 0.2) is 0 Å². The second kappa shape index (κ2) is 6.40. The summed E-state index contributed by atoms with van der Waals surface area (Å²) in [5.41, 5.74) is 6.22. The first kappa shape index (κ1) is 15.3. The molecule has 1 atom stereocenters. The molecule has 18 heavy (non-hydrogen) atoms. The summed E-state index contributed by atoms with van der Waals surface area (Å²) in [6.07, 6.45) is 0. The van der Waals surface area contributed by atoms with Crippen molar-refractivity contribution in [2.24, 2.45) is 5.73 Å². The van der Waals surface area contributed by atoms with Crippen molar-refractivity contribution < 1.29 is 18.5 Å². The first-order valence-electron chi connectivity index (χ1n) is 5.31. The highest BCUT2D eigenvalue weighted by molar-refractivity contribution is 7.54. The van der Waals surface area contributed by atoms with Crippen molar-refractivity contribution in [3.05, 3.63) is 27.1 Å². The summed E-state index contributed by atoms with van der Waals surface area (Å²) >= 11 is 0.927. The minimum Gasteiger partial charge on any atom is -0.314 e. The largest absolute Gasteiger partial charge is 0.351 e. The third kappa shape index (κ3) is 3.37. The Labute approximate surface area is 109 Å². The predicted molar refractivity (Wildman–Crippen MR) is 68.8 cm³/mol. The van der Waals surface area contributed by atoms with Gasteiger partial charge in [-0.2, -0.15) is 0 Å². The average molecular weight is 294 g/mol. The van der Waals surface area contributed by atoms with Crippen LogP contribution in [0.5, 0.6) is 0 Å². The molecule has 1 rings (SSSR count). The van der Waals surface area contributed by atoms with Crippen LogP contribution in [0.3, 0.4) is 0 Å². The fraction of sp³-hybridized carbons (Fsp3) is 0.556. The summed E-state index contributed by atoms with van der Waals surface area (Å²) in [5, 5.41) is 12.0. The number of nitro groups is 1. The molecular formula is C9H15N2O5PS. The number of hydrogen-bond acceptors (Lipinski definition) is 7. The number of hydrogen-bond donors (Lipinski definition) is 1. The zero-order chi connectivity index (χ0) is 13.8. The Kier molecular flexibility index (Phi) is 5.43. The maximum atomic E-state index is 12.4. The molecule has 7 nitrogen and oxygen atoms in total. The van der Waals surface area contributed by atoms with Gasteiger partial charge in [0.25, 0.3) is 0 Å². The lowest BCUT2D eigenvalue weighted by Gasteiger charge is -2.22. The molecule has 0 amide bonds. The van der Waals surface area contributed by atoms with Gasteiger partial charge in [-0.05, 0) is 19.4 Å². The van der Waals surface area contributed by atoms with Crippen molar-refractivity contribution >= 4 is 23.9 Å². The van der Waals surface area contributed by atoms with E-state index in [2.05, 4.69) is 0 Å². The smallest absolute Gasteiger partial charge is 0.314 e. The van der Waals surface area contributed by atoms with Gasteiger partial charge in [0, 0.05) is 11.4 Å². The van der Waals surface area contributed by atoms with E-state index in [0.29, 0.717) is 5.56 Å². The molecule has 0 radical (unpaired) electrons. The molecule has 0 fully saturated rings. The highest BCUT2D eigenvalue weighted by atomic mass is 32.1. The van der Waals surface area contributed by atoms with Gasteiger partial charge in [-0.3, -0.25) is 14.7 Å². The molecule has 1 aromatic rings. The van der Waals surface area contributed by atoms with Gasteiger partial charge in [0.2, 0.25) is 0 Å². The van der Waals surface area contributed by atoms with Gasteiger partial charge in [0.1, 0.15) is 5.78 Å². The van der Waals surface area contributed by atoms with Gasteiger partial charge in [-0.15, -0.1) is 0 Å². The Hall–Kier alpha value is -0.790.